The highest BCUT2D eigenvalue weighted by Gasteiger charge is 2.39. The van der Waals surface area contributed by atoms with Gasteiger partial charge in [-0.2, -0.15) is 4.99 Å². The van der Waals surface area contributed by atoms with E-state index in [4.69, 9.17) is 18.9 Å². The first kappa shape index (κ1) is 26.6. The number of esters is 1. The molecule has 1 N–H and O–H groups in total. The largest absolute Gasteiger partial charge is 0.482 e. The molecule has 198 valence electrons. The molecule has 2 aliphatic heterocycles. The average molecular weight is 523 g/mol. The zero-order chi connectivity index (χ0) is 27.1. The zero-order valence-corrected chi connectivity index (χ0v) is 20.8. The molecule has 1 aliphatic carbocycles. The van der Waals surface area contributed by atoms with Crippen molar-refractivity contribution in [2.45, 2.75) is 19.1 Å². The van der Waals surface area contributed by atoms with Gasteiger partial charge in [0, 0.05) is 23.9 Å². The topological polar surface area (TPSA) is 149 Å². The van der Waals surface area contributed by atoms with Crippen LogP contribution in [0.4, 0.5) is 5.69 Å². The van der Waals surface area contributed by atoms with Crippen molar-refractivity contribution in [3.05, 3.63) is 60.0 Å². The van der Waals surface area contributed by atoms with Crippen LogP contribution in [-0.2, 0) is 28.6 Å². The number of carbonyl (C=O) groups excluding carboxylic acids is 3. The number of benzene rings is 1. The van der Waals surface area contributed by atoms with Gasteiger partial charge in [0.2, 0.25) is 5.90 Å². The molecular formula is C26H26N4O8. The summed E-state index contributed by atoms with van der Waals surface area (Å²) in [7, 11) is 1.49. The molecule has 12 nitrogen and oxygen atoms in total. The SMILES string of the molecule is CCOC(=O)COc1cccc(N2CCOC(C(O)C(=O)N=C3C=CC(=C4N=CC(OC)=N4)C=C3)C2=O)c1. The van der Waals surface area contributed by atoms with Crippen molar-refractivity contribution in [3.63, 3.8) is 0 Å². The van der Waals surface area contributed by atoms with Gasteiger partial charge in [0.1, 0.15) is 5.75 Å². The predicted molar refractivity (Wildman–Crippen MR) is 137 cm³/mol. The first-order valence-corrected chi connectivity index (χ1v) is 11.8. The number of morpholine rings is 1. The molecule has 0 saturated carbocycles. The van der Waals surface area contributed by atoms with Gasteiger partial charge in [-0.3, -0.25) is 9.59 Å². The number of methoxy groups -OCH3 is 1. The van der Waals surface area contributed by atoms with Crippen molar-refractivity contribution < 1.29 is 38.4 Å². The van der Waals surface area contributed by atoms with Gasteiger partial charge in [-0.1, -0.05) is 6.07 Å². The van der Waals surface area contributed by atoms with Crippen molar-refractivity contribution in [1.29, 1.82) is 0 Å². The van der Waals surface area contributed by atoms with Crippen LogP contribution in [0.15, 0.2) is 74.9 Å². The summed E-state index contributed by atoms with van der Waals surface area (Å²) in [6.45, 7) is 1.95. The standard InChI is InChI=1S/C26H26N4O8/c1-3-36-21(31)15-38-19-6-4-5-18(13-19)30-11-12-37-23(26(30)34)22(32)25(33)28-17-9-7-16(8-10-17)24-27-14-20(29-24)35-2/h4-10,13-14,22-23,32H,3,11-12,15H2,1-2H3. The van der Waals surface area contributed by atoms with E-state index in [1.165, 1.54) is 18.2 Å². The van der Waals surface area contributed by atoms with Crippen LogP contribution >= 0.6 is 0 Å². The normalized spacial score (nSPS) is 19.4. The molecule has 2 heterocycles. The molecule has 0 bridgehead atoms. The average Bonchev–Trinajstić information content (AvgIpc) is 3.42. The lowest BCUT2D eigenvalue weighted by Crippen LogP contribution is -2.54. The third-order valence-corrected chi connectivity index (χ3v) is 5.54. The number of nitrogens with zero attached hydrogens (tertiary/aromatic N) is 4. The third-order valence-electron chi connectivity index (χ3n) is 5.54. The van der Waals surface area contributed by atoms with Crippen molar-refractivity contribution in [2.24, 2.45) is 15.0 Å². The van der Waals surface area contributed by atoms with Gasteiger partial charge in [-0.05, 0) is 43.4 Å². The highest BCUT2D eigenvalue weighted by atomic mass is 16.6. The number of anilines is 1. The maximum absolute atomic E-state index is 13.1. The first-order chi connectivity index (χ1) is 18.4. The molecule has 2 amide bonds. The smallest absolute Gasteiger partial charge is 0.344 e. The number of aliphatic imine (C=N–C) groups is 3. The lowest BCUT2D eigenvalue weighted by Gasteiger charge is -2.33. The quantitative estimate of drug-likeness (QED) is 0.525. The van der Waals surface area contributed by atoms with Crippen LogP contribution in [0.2, 0.25) is 0 Å². The Kier molecular flexibility index (Phi) is 8.56. The number of rotatable bonds is 7. The lowest BCUT2D eigenvalue weighted by molar-refractivity contribution is -0.151. The Bertz CT molecular complexity index is 1280. The van der Waals surface area contributed by atoms with Crippen LogP contribution in [0, 0.1) is 0 Å². The highest BCUT2D eigenvalue weighted by molar-refractivity contribution is 6.28. The minimum Gasteiger partial charge on any atom is -0.482 e. The number of allylic oxidation sites excluding steroid dienone is 5. The van der Waals surface area contributed by atoms with Crippen molar-refractivity contribution in [2.75, 3.05) is 38.4 Å². The summed E-state index contributed by atoms with van der Waals surface area (Å²) in [4.78, 5) is 51.0. The molecule has 4 rings (SSSR count). The maximum atomic E-state index is 13.1. The Morgan fingerprint density at radius 3 is 2.76 bits per heavy atom. The first-order valence-electron chi connectivity index (χ1n) is 11.8. The second-order valence-electron chi connectivity index (χ2n) is 8.05. The molecule has 0 radical (unpaired) electrons. The molecule has 1 aromatic carbocycles. The van der Waals surface area contributed by atoms with Crippen LogP contribution in [-0.4, -0.2) is 86.4 Å². The van der Waals surface area contributed by atoms with E-state index < -0.39 is 30.0 Å². The highest BCUT2D eigenvalue weighted by Crippen LogP contribution is 2.25. The number of amides is 2. The molecule has 2 atom stereocenters. The lowest BCUT2D eigenvalue weighted by atomic mass is 10.1. The Balaban J connectivity index is 1.41. The fourth-order valence-corrected chi connectivity index (χ4v) is 3.70. The summed E-state index contributed by atoms with van der Waals surface area (Å²) in [6, 6.07) is 6.54. The number of aliphatic hydroxyl groups excluding tert-OH is 1. The van der Waals surface area contributed by atoms with Crippen LogP contribution < -0.4 is 9.64 Å². The molecule has 38 heavy (non-hydrogen) atoms. The number of hydrogen-bond donors (Lipinski definition) is 1. The molecule has 3 aliphatic rings. The minimum atomic E-state index is -1.81. The van der Waals surface area contributed by atoms with E-state index in [0.29, 0.717) is 28.7 Å². The second kappa shape index (κ2) is 12.2. The third kappa shape index (κ3) is 6.28. The summed E-state index contributed by atoms with van der Waals surface area (Å²) in [5.74, 6) is -0.846. The molecule has 1 fully saturated rings. The van der Waals surface area contributed by atoms with Gasteiger partial charge in [0.05, 0.1) is 32.2 Å². The van der Waals surface area contributed by atoms with E-state index in [0.717, 1.165) is 0 Å². The van der Waals surface area contributed by atoms with E-state index in [1.54, 1.807) is 55.5 Å². The number of aliphatic hydroxyl groups is 1. The van der Waals surface area contributed by atoms with Crippen molar-refractivity contribution in [1.82, 2.24) is 0 Å². The Morgan fingerprint density at radius 2 is 2.05 bits per heavy atom. The van der Waals surface area contributed by atoms with Gasteiger partial charge >= 0.3 is 5.97 Å². The summed E-state index contributed by atoms with van der Waals surface area (Å²) < 4.78 is 20.7. The van der Waals surface area contributed by atoms with Gasteiger partial charge in [-0.15, -0.1) is 0 Å². The number of hydrogen-bond acceptors (Lipinski definition) is 10. The van der Waals surface area contributed by atoms with Crippen molar-refractivity contribution >= 4 is 41.3 Å². The molecular weight excluding hydrogens is 496 g/mol. The molecule has 0 aromatic heterocycles. The van der Waals surface area contributed by atoms with E-state index >= 15 is 0 Å². The molecule has 12 heteroatoms. The van der Waals surface area contributed by atoms with Gasteiger partial charge in [-0.25, -0.2) is 14.8 Å². The van der Waals surface area contributed by atoms with E-state index in [9.17, 15) is 19.5 Å². The maximum Gasteiger partial charge on any atom is 0.344 e. The summed E-state index contributed by atoms with van der Waals surface area (Å²) >= 11 is 0. The zero-order valence-electron chi connectivity index (χ0n) is 20.8. The van der Waals surface area contributed by atoms with Gasteiger partial charge in [0.25, 0.3) is 11.8 Å². The summed E-state index contributed by atoms with van der Waals surface area (Å²) in [5, 5.41) is 10.6. The monoisotopic (exact) mass is 522 g/mol. The van der Waals surface area contributed by atoms with Crippen LogP contribution in [0.1, 0.15) is 6.92 Å². The summed E-state index contributed by atoms with van der Waals surface area (Å²) in [6.07, 6.45) is 4.73. The van der Waals surface area contributed by atoms with Crippen LogP contribution in [0.5, 0.6) is 5.75 Å². The summed E-state index contributed by atoms with van der Waals surface area (Å²) in [5.41, 5.74) is 1.43. The number of ether oxygens (including phenoxy) is 4. The van der Waals surface area contributed by atoms with Crippen molar-refractivity contribution in [3.8, 4) is 5.75 Å². The van der Waals surface area contributed by atoms with Gasteiger partial charge < -0.3 is 29.0 Å². The van der Waals surface area contributed by atoms with E-state index in [-0.39, 0.29) is 32.1 Å². The molecule has 1 saturated heterocycles. The van der Waals surface area contributed by atoms with Crippen LogP contribution in [0.25, 0.3) is 0 Å². The minimum absolute atomic E-state index is 0.0897. The fraction of sp³-hybridized carbons (Fsp3) is 0.308. The number of carbonyl (C=O) groups is 3. The Hall–Kier alpha value is -4.42. The van der Waals surface area contributed by atoms with E-state index in [1.807, 2.05) is 0 Å². The van der Waals surface area contributed by atoms with Gasteiger partial charge in [0.15, 0.2) is 24.6 Å². The second-order valence-corrected chi connectivity index (χ2v) is 8.05. The molecule has 2 unspecified atom stereocenters. The molecule has 1 aromatic rings. The fourth-order valence-electron chi connectivity index (χ4n) is 3.70. The Morgan fingerprint density at radius 1 is 1.26 bits per heavy atom. The predicted octanol–water partition coefficient (Wildman–Crippen LogP) is 1.16. The Labute approximate surface area is 218 Å². The molecule has 0 spiro atoms. The van der Waals surface area contributed by atoms with Crippen LogP contribution in [0.3, 0.4) is 0 Å². The van der Waals surface area contributed by atoms with E-state index in [2.05, 4.69) is 15.0 Å².